The second-order valence-electron chi connectivity index (χ2n) is 6.29. The van der Waals surface area contributed by atoms with Crippen molar-refractivity contribution < 1.29 is 9.18 Å². The molecule has 0 spiro atoms. The van der Waals surface area contributed by atoms with Crippen LogP contribution in [0.4, 0.5) is 9.18 Å². The molecule has 0 saturated carbocycles. The first kappa shape index (κ1) is 15.6. The van der Waals surface area contributed by atoms with Crippen LogP contribution >= 0.6 is 0 Å². The molecule has 1 aromatic carbocycles. The molecule has 0 aliphatic carbocycles. The van der Waals surface area contributed by atoms with Gasteiger partial charge in [0, 0.05) is 31.5 Å². The molecule has 4 nitrogen and oxygen atoms in total. The largest absolute Gasteiger partial charge is 0.348 e. The standard InChI is InChI=1S/C18H22FN3O/c1-13(2)17-16-4-3-9-21(16)10-11-22(17)18(23)20-12-14-5-7-15(19)8-6-14/h3-9,13,17H,10-12H2,1-2H3,(H,20,23). The zero-order valence-electron chi connectivity index (χ0n) is 13.5. The van der Waals surface area contributed by atoms with Crippen molar-refractivity contribution >= 4 is 6.03 Å². The number of urea groups is 1. The van der Waals surface area contributed by atoms with E-state index in [1.54, 1.807) is 12.1 Å². The molecule has 23 heavy (non-hydrogen) atoms. The van der Waals surface area contributed by atoms with Crippen LogP contribution in [0.5, 0.6) is 0 Å². The van der Waals surface area contributed by atoms with E-state index in [-0.39, 0.29) is 17.9 Å². The minimum atomic E-state index is -0.267. The minimum Gasteiger partial charge on any atom is -0.348 e. The molecule has 1 unspecified atom stereocenters. The van der Waals surface area contributed by atoms with Crippen molar-refractivity contribution in [1.29, 1.82) is 0 Å². The van der Waals surface area contributed by atoms with Gasteiger partial charge in [-0.25, -0.2) is 9.18 Å². The predicted molar refractivity (Wildman–Crippen MR) is 87.4 cm³/mol. The van der Waals surface area contributed by atoms with E-state index in [4.69, 9.17) is 0 Å². The summed E-state index contributed by atoms with van der Waals surface area (Å²) in [5, 5.41) is 2.95. The maximum Gasteiger partial charge on any atom is 0.318 e. The number of nitrogens with one attached hydrogen (secondary N) is 1. The monoisotopic (exact) mass is 315 g/mol. The summed E-state index contributed by atoms with van der Waals surface area (Å²) < 4.78 is 15.1. The van der Waals surface area contributed by atoms with E-state index >= 15 is 0 Å². The first-order valence-corrected chi connectivity index (χ1v) is 8.00. The molecule has 1 aromatic heterocycles. The summed E-state index contributed by atoms with van der Waals surface area (Å²) in [6.07, 6.45) is 2.07. The maximum atomic E-state index is 12.9. The predicted octanol–water partition coefficient (Wildman–Crippen LogP) is 3.55. The summed E-state index contributed by atoms with van der Waals surface area (Å²) in [6, 6.07) is 10.3. The SMILES string of the molecule is CC(C)C1c2cccn2CCN1C(=O)NCc1ccc(F)cc1. The number of aromatic nitrogens is 1. The van der Waals surface area contributed by atoms with Crippen LogP contribution in [-0.2, 0) is 13.1 Å². The first-order chi connectivity index (χ1) is 11.1. The third-order valence-electron chi connectivity index (χ3n) is 4.33. The molecule has 122 valence electrons. The Morgan fingerprint density at radius 1 is 1.26 bits per heavy atom. The van der Waals surface area contributed by atoms with Crippen LogP contribution in [0.15, 0.2) is 42.6 Å². The van der Waals surface area contributed by atoms with E-state index in [0.717, 1.165) is 12.1 Å². The molecule has 3 rings (SSSR count). The lowest BCUT2D eigenvalue weighted by atomic mass is 9.97. The molecule has 5 heteroatoms. The smallest absolute Gasteiger partial charge is 0.318 e. The van der Waals surface area contributed by atoms with Crippen LogP contribution in [0.2, 0.25) is 0 Å². The number of carbonyl (C=O) groups excluding carboxylic acids is 1. The van der Waals surface area contributed by atoms with E-state index in [2.05, 4.69) is 36.0 Å². The van der Waals surface area contributed by atoms with Gasteiger partial charge in [0.1, 0.15) is 5.82 Å². The number of hydrogen-bond acceptors (Lipinski definition) is 1. The molecule has 0 fully saturated rings. The Hall–Kier alpha value is -2.30. The van der Waals surface area contributed by atoms with E-state index < -0.39 is 0 Å². The Kier molecular flexibility index (Phi) is 4.37. The molecule has 2 amide bonds. The summed E-state index contributed by atoms with van der Waals surface area (Å²) in [5.74, 6) is 0.0669. The molecule has 1 aliphatic heterocycles. The van der Waals surface area contributed by atoms with Crippen LogP contribution in [-0.4, -0.2) is 22.0 Å². The molecule has 1 aliphatic rings. The number of hydrogen-bond donors (Lipinski definition) is 1. The van der Waals surface area contributed by atoms with Crippen molar-refractivity contribution in [2.75, 3.05) is 6.54 Å². The average Bonchev–Trinajstić information content (AvgIpc) is 3.01. The van der Waals surface area contributed by atoms with Crippen LogP contribution in [0, 0.1) is 11.7 Å². The molecule has 0 bridgehead atoms. The van der Waals surface area contributed by atoms with Crippen LogP contribution < -0.4 is 5.32 Å². The molecule has 1 N–H and O–H groups in total. The lowest BCUT2D eigenvalue weighted by Gasteiger charge is -2.39. The second-order valence-corrected chi connectivity index (χ2v) is 6.29. The van der Waals surface area contributed by atoms with E-state index in [9.17, 15) is 9.18 Å². The number of fused-ring (bicyclic) bond motifs is 1. The number of rotatable bonds is 3. The fourth-order valence-corrected chi connectivity index (χ4v) is 3.22. The van der Waals surface area contributed by atoms with Gasteiger partial charge in [-0.1, -0.05) is 26.0 Å². The molecular formula is C18H22FN3O. The lowest BCUT2D eigenvalue weighted by Crippen LogP contribution is -2.48. The van der Waals surface area contributed by atoms with Crippen molar-refractivity contribution in [3.63, 3.8) is 0 Å². The van der Waals surface area contributed by atoms with Crippen LogP contribution in [0.3, 0.4) is 0 Å². The molecule has 2 aromatic rings. The van der Waals surface area contributed by atoms with Gasteiger partial charge in [0.15, 0.2) is 0 Å². The first-order valence-electron chi connectivity index (χ1n) is 8.00. The summed E-state index contributed by atoms with van der Waals surface area (Å²) in [5.41, 5.74) is 2.07. The minimum absolute atomic E-state index is 0.0690. The maximum absolute atomic E-state index is 12.9. The van der Waals surface area contributed by atoms with Gasteiger partial charge in [-0.2, -0.15) is 0 Å². The normalized spacial score (nSPS) is 17.2. The molecular weight excluding hydrogens is 293 g/mol. The quantitative estimate of drug-likeness (QED) is 0.924. The zero-order valence-corrected chi connectivity index (χ0v) is 13.5. The van der Waals surface area contributed by atoms with Crippen molar-refractivity contribution in [2.24, 2.45) is 5.92 Å². The highest BCUT2D eigenvalue weighted by atomic mass is 19.1. The van der Waals surface area contributed by atoms with Crippen LogP contribution in [0.25, 0.3) is 0 Å². The number of halogens is 1. The highest BCUT2D eigenvalue weighted by Crippen LogP contribution is 2.32. The van der Waals surface area contributed by atoms with E-state index in [0.29, 0.717) is 19.0 Å². The second kappa shape index (κ2) is 6.44. The molecule has 2 heterocycles. The highest BCUT2D eigenvalue weighted by Gasteiger charge is 2.32. The molecule has 1 atom stereocenters. The van der Waals surface area contributed by atoms with Gasteiger partial charge in [0.25, 0.3) is 0 Å². The van der Waals surface area contributed by atoms with Gasteiger partial charge >= 0.3 is 6.03 Å². The molecule has 0 radical (unpaired) electrons. The third kappa shape index (κ3) is 3.23. The number of carbonyl (C=O) groups is 1. The summed E-state index contributed by atoms with van der Waals surface area (Å²) >= 11 is 0. The number of nitrogens with zero attached hydrogens (tertiary/aromatic N) is 2. The van der Waals surface area contributed by atoms with Crippen molar-refractivity contribution in [2.45, 2.75) is 33.0 Å². The Morgan fingerprint density at radius 3 is 2.70 bits per heavy atom. The number of amides is 2. The molecule has 0 saturated heterocycles. The fraction of sp³-hybridized carbons (Fsp3) is 0.389. The topological polar surface area (TPSA) is 37.3 Å². The Balaban J connectivity index is 1.70. The van der Waals surface area contributed by atoms with Crippen molar-refractivity contribution in [3.05, 3.63) is 59.7 Å². The van der Waals surface area contributed by atoms with Gasteiger partial charge in [-0.05, 0) is 35.7 Å². The summed E-state index contributed by atoms with van der Waals surface area (Å²) in [6.45, 7) is 6.18. The Morgan fingerprint density at radius 2 is 2.00 bits per heavy atom. The van der Waals surface area contributed by atoms with Crippen molar-refractivity contribution in [3.8, 4) is 0 Å². The van der Waals surface area contributed by atoms with E-state index in [1.807, 2.05) is 11.0 Å². The van der Waals surface area contributed by atoms with Gasteiger partial charge in [-0.15, -0.1) is 0 Å². The van der Waals surface area contributed by atoms with Gasteiger partial charge in [0.05, 0.1) is 6.04 Å². The average molecular weight is 315 g/mol. The fourth-order valence-electron chi connectivity index (χ4n) is 3.22. The third-order valence-corrected chi connectivity index (χ3v) is 4.33. The lowest BCUT2D eigenvalue weighted by molar-refractivity contribution is 0.133. The van der Waals surface area contributed by atoms with Crippen LogP contribution in [0.1, 0.15) is 31.1 Å². The summed E-state index contributed by atoms with van der Waals surface area (Å²) in [4.78, 5) is 14.5. The van der Waals surface area contributed by atoms with Gasteiger partial charge in [0.2, 0.25) is 0 Å². The Bertz CT molecular complexity index is 678. The van der Waals surface area contributed by atoms with Gasteiger partial charge in [-0.3, -0.25) is 0 Å². The Labute approximate surface area is 135 Å². The summed E-state index contributed by atoms with van der Waals surface area (Å²) in [7, 11) is 0. The van der Waals surface area contributed by atoms with Gasteiger partial charge < -0.3 is 14.8 Å². The zero-order chi connectivity index (χ0) is 16.4. The van der Waals surface area contributed by atoms with E-state index in [1.165, 1.54) is 17.8 Å². The number of benzene rings is 1. The van der Waals surface area contributed by atoms with Crippen molar-refractivity contribution in [1.82, 2.24) is 14.8 Å². The highest BCUT2D eigenvalue weighted by molar-refractivity contribution is 5.75.